The first-order chi connectivity index (χ1) is 13.2. The van der Waals surface area contributed by atoms with Crippen molar-refractivity contribution in [2.75, 3.05) is 5.32 Å². The van der Waals surface area contributed by atoms with Crippen molar-refractivity contribution in [3.63, 3.8) is 0 Å². The first kappa shape index (κ1) is 16.9. The SMILES string of the molecule is Cc1nc(-c2ccccn2)nc(NCc2ccc(-c3ccn[nH]3)cc2)c1C. The number of aromatic nitrogens is 5. The van der Waals surface area contributed by atoms with E-state index < -0.39 is 0 Å². The van der Waals surface area contributed by atoms with Crippen LogP contribution in [0.3, 0.4) is 0 Å². The second-order valence-corrected chi connectivity index (χ2v) is 6.34. The molecule has 0 atom stereocenters. The minimum atomic E-state index is 0.635. The van der Waals surface area contributed by atoms with E-state index >= 15 is 0 Å². The molecule has 3 aromatic heterocycles. The normalized spacial score (nSPS) is 10.7. The summed E-state index contributed by atoms with van der Waals surface area (Å²) in [4.78, 5) is 13.6. The molecule has 0 aliphatic carbocycles. The molecule has 0 bridgehead atoms. The molecule has 0 radical (unpaired) electrons. The highest BCUT2D eigenvalue weighted by Gasteiger charge is 2.10. The summed E-state index contributed by atoms with van der Waals surface area (Å²) in [6.45, 7) is 4.71. The first-order valence-corrected chi connectivity index (χ1v) is 8.80. The molecule has 3 heterocycles. The molecule has 2 N–H and O–H groups in total. The smallest absolute Gasteiger partial charge is 0.180 e. The number of rotatable bonds is 5. The van der Waals surface area contributed by atoms with E-state index in [9.17, 15) is 0 Å². The molecule has 0 saturated heterocycles. The lowest BCUT2D eigenvalue weighted by atomic mass is 10.1. The maximum Gasteiger partial charge on any atom is 0.180 e. The minimum Gasteiger partial charge on any atom is -0.366 e. The summed E-state index contributed by atoms with van der Waals surface area (Å²) >= 11 is 0. The van der Waals surface area contributed by atoms with Gasteiger partial charge in [-0.05, 0) is 43.2 Å². The second kappa shape index (κ2) is 7.37. The summed E-state index contributed by atoms with van der Waals surface area (Å²) in [6, 6.07) is 16.1. The molecule has 4 rings (SSSR count). The van der Waals surface area contributed by atoms with Crippen molar-refractivity contribution in [1.82, 2.24) is 25.1 Å². The van der Waals surface area contributed by atoms with Crippen LogP contribution in [-0.4, -0.2) is 25.1 Å². The molecule has 0 spiro atoms. The van der Waals surface area contributed by atoms with Gasteiger partial charge >= 0.3 is 0 Å². The van der Waals surface area contributed by atoms with Crippen LogP contribution < -0.4 is 5.32 Å². The largest absolute Gasteiger partial charge is 0.366 e. The standard InChI is InChI=1S/C21H20N6/c1-14-15(2)25-21(19-5-3-4-11-22-19)26-20(14)23-13-16-6-8-17(9-7-16)18-10-12-24-27-18/h3-12H,13H2,1-2H3,(H,24,27)(H,23,25,26). The van der Waals surface area contributed by atoms with Crippen molar-refractivity contribution >= 4 is 5.82 Å². The van der Waals surface area contributed by atoms with Crippen LogP contribution in [0.4, 0.5) is 5.82 Å². The summed E-state index contributed by atoms with van der Waals surface area (Å²) in [5.74, 6) is 1.47. The molecular weight excluding hydrogens is 336 g/mol. The number of H-pyrrole nitrogens is 1. The monoisotopic (exact) mass is 356 g/mol. The summed E-state index contributed by atoms with van der Waals surface area (Å²) in [5.41, 5.74) is 6.06. The number of nitrogens with one attached hydrogen (secondary N) is 2. The van der Waals surface area contributed by atoms with Gasteiger partial charge in [0.05, 0.1) is 5.69 Å². The second-order valence-electron chi connectivity index (χ2n) is 6.34. The molecule has 0 aliphatic rings. The van der Waals surface area contributed by atoms with Gasteiger partial charge in [0.1, 0.15) is 11.5 Å². The van der Waals surface area contributed by atoms with Crippen LogP contribution in [0.25, 0.3) is 22.8 Å². The number of pyridine rings is 1. The van der Waals surface area contributed by atoms with Crippen LogP contribution in [0.15, 0.2) is 60.9 Å². The van der Waals surface area contributed by atoms with Crippen molar-refractivity contribution in [3.8, 4) is 22.8 Å². The van der Waals surface area contributed by atoms with Gasteiger partial charge in [0.15, 0.2) is 5.82 Å². The maximum atomic E-state index is 4.68. The third-order valence-electron chi connectivity index (χ3n) is 4.51. The van der Waals surface area contributed by atoms with E-state index in [1.807, 2.05) is 38.1 Å². The molecule has 6 heteroatoms. The lowest BCUT2D eigenvalue weighted by Gasteiger charge is -2.12. The van der Waals surface area contributed by atoms with Gasteiger partial charge in [0.25, 0.3) is 0 Å². The molecule has 1 aromatic carbocycles. The third kappa shape index (κ3) is 3.69. The van der Waals surface area contributed by atoms with Crippen LogP contribution in [-0.2, 0) is 6.54 Å². The van der Waals surface area contributed by atoms with Crippen molar-refractivity contribution in [2.45, 2.75) is 20.4 Å². The molecule has 134 valence electrons. The van der Waals surface area contributed by atoms with Crippen LogP contribution in [0.2, 0.25) is 0 Å². The predicted molar refractivity (Wildman–Crippen MR) is 106 cm³/mol. The average molecular weight is 356 g/mol. The van der Waals surface area contributed by atoms with E-state index in [0.717, 1.165) is 34.0 Å². The lowest BCUT2D eigenvalue weighted by molar-refractivity contribution is 1.02. The summed E-state index contributed by atoms with van der Waals surface area (Å²) in [6.07, 6.45) is 3.51. The number of aromatic amines is 1. The minimum absolute atomic E-state index is 0.635. The fourth-order valence-corrected chi connectivity index (χ4v) is 2.82. The average Bonchev–Trinajstić information content (AvgIpc) is 3.25. The molecule has 0 saturated carbocycles. The van der Waals surface area contributed by atoms with E-state index in [1.165, 1.54) is 5.56 Å². The number of aryl methyl sites for hydroxylation is 1. The summed E-state index contributed by atoms with van der Waals surface area (Å²) < 4.78 is 0. The van der Waals surface area contributed by atoms with Crippen LogP contribution >= 0.6 is 0 Å². The Balaban J connectivity index is 1.53. The Morgan fingerprint density at radius 2 is 1.78 bits per heavy atom. The Bertz CT molecular complexity index is 1020. The van der Waals surface area contributed by atoms with Gasteiger partial charge in [-0.3, -0.25) is 10.1 Å². The quantitative estimate of drug-likeness (QED) is 0.561. The number of hydrogen-bond donors (Lipinski definition) is 2. The van der Waals surface area contributed by atoms with E-state index in [0.29, 0.717) is 12.4 Å². The number of benzene rings is 1. The number of anilines is 1. The van der Waals surface area contributed by atoms with Gasteiger partial charge < -0.3 is 5.32 Å². The Kier molecular flexibility index (Phi) is 4.61. The van der Waals surface area contributed by atoms with Crippen molar-refractivity contribution in [3.05, 3.63) is 77.7 Å². The molecule has 4 aromatic rings. The lowest BCUT2D eigenvalue weighted by Crippen LogP contribution is -2.07. The molecule has 0 amide bonds. The van der Waals surface area contributed by atoms with Gasteiger partial charge in [0, 0.05) is 30.2 Å². The molecule has 27 heavy (non-hydrogen) atoms. The van der Waals surface area contributed by atoms with Crippen LogP contribution in [0.1, 0.15) is 16.8 Å². The highest BCUT2D eigenvalue weighted by Crippen LogP contribution is 2.21. The zero-order valence-electron chi connectivity index (χ0n) is 15.3. The molecule has 0 aliphatic heterocycles. The Morgan fingerprint density at radius 1 is 0.926 bits per heavy atom. The molecular formula is C21H20N6. The Labute approximate surface area is 157 Å². The summed E-state index contributed by atoms with van der Waals surface area (Å²) in [7, 11) is 0. The van der Waals surface area contributed by atoms with Crippen molar-refractivity contribution in [1.29, 1.82) is 0 Å². The topological polar surface area (TPSA) is 79.4 Å². The first-order valence-electron chi connectivity index (χ1n) is 8.80. The van der Waals surface area contributed by atoms with E-state index in [2.05, 4.69) is 54.7 Å². The number of nitrogens with zero attached hydrogens (tertiary/aromatic N) is 4. The van der Waals surface area contributed by atoms with Gasteiger partial charge in [0.2, 0.25) is 0 Å². The zero-order valence-corrected chi connectivity index (χ0v) is 15.3. The molecule has 6 nitrogen and oxygen atoms in total. The van der Waals surface area contributed by atoms with Gasteiger partial charge in [-0.15, -0.1) is 0 Å². The van der Waals surface area contributed by atoms with Crippen LogP contribution in [0.5, 0.6) is 0 Å². The van der Waals surface area contributed by atoms with E-state index in [1.54, 1.807) is 12.4 Å². The van der Waals surface area contributed by atoms with Crippen LogP contribution in [0, 0.1) is 13.8 Å². The molecule has 0 fully saturated rings. The summed E-state index contributed by atoms with van der Waals surface area (Å²) in [5, 5.41) is 10.4. The Hall–Kier alpha value is -3.54. The number of hydrogen-bond acceptors (Lipinski definition) is 5. The highest BCUT2D eigenvalue weighted by atomic mass is 15.1. The van der Waals surface area contributed by atoms with Gasteiger partial charge in [-0.2, -0.15) is 5.10 Å². The zero-order chi connectivity index (χ0) is 18.6. The third-order valence-corrected chi connectivity index (χ3v) is 4.51. The van der Waals surface area contributed by atoms with Gasteiger partial charge in [-0.25, -0.2) is 9.97 Å². The van der Waals surface area contributed by atoms with Gasteiger partial charge in [-0.1, -0.05) is 30.3 Å². The maximum absolute atomic E-state index is 4.68. The van der Waals surface area contributed by atoms with Crippen molar-refractivity contribution < 1.29 is 0 Å². The Morgan fingerprint density at radius 3 is 2.48 bits per heavy atom. The fraction of sp³-hybridized carbons (Fsp3) is 0.143. The molecule has 0 unspecified atom stereocenters. The van der Waals surface area contributed by atoms with E-state index in [4.69, 9.17) is 0 Å². The highest BCUT2D eigenvalue weighted by molar-refractivity contribution is 5.59. The predicted octanol–water partition coefficient (Wildman–Crippen LogP) is 4.16. The van der Waals surface area contributed by atoms with Crippen molar-refractivity contribution in [2.24, 2.45) is 0 Å². The van der Waals surface area contributed by atoms with E-state index in [-0.39, 0.29) is 0 Å². The fourth-order valence-electron chi connectivity index (χ4n) is 2.82.